The molecule has 0 radical (unpaired) electrons. The number of nitrogen functional groups attached to an aromatic ring is 1. The third-order valence-corrected chi connectivity index (χ3v) is 3.04. The van der Waals surface area contributed by atoms with Gasteiger partial charge in [0.1, 0.15) is 10.8 Å². The zero-order chi connectivity index (χ0) is 13.7. The van der Waals surface area contributed by atoms with Gasteiger partial charge < -0.3 is 11.1 Å². The predicted octanol–water partition coefficient (Wildman–Crippen LogP) is 2.13. The first-order valence-corrected chi connectivity index (χ1v) is 6.85. The minimum atomic E-state index is 0.247. The minimum Gasteiger partial charge on any atom is -0.370 e. The Balaban J connectivity index is 2.17. The van der Waals surface area contributed by atoms with Crippen molar-refractivity contribution in [3.05, 3.63) is 24.0 Å². The van der Waals surface area contributed by atoms with Gasteiger partial charge >= 0.3 is 0 Å². The number of hydrogen-bond acceptors (Lipinski definition) is 7. The molecule has 2 aromatic rings. The van der Waals surface area contributed by atoms with E-state index in [1.54, 1.807) is 6.20 Å². The monoisotopic (exact) mass is 276 g/mol. The highest BCUT2D eigenvalue weighted by atomic mass is 32.2. The van der Waals surface area contributed by atoms with Gasteiger partial charge in [-0.15, -0.1) is 0 Å². The minimum absolute atomic E-state index is 0.247. The molecule has 0 aliphatic rings. The number of nitrogens with zero attached hydrogens (tertiary/aromatic N) is 4. The lowest BCUT2D eigenvalue weighted by Gasteiger charge is -2.06. The molecule has 6 nitrogen and oxygen atoms in total. The van der Waals surface area contributed by atoms with Crippen molar-refractivity contribution in [2.75, 3.05) is 17.6 Å². The van der Waals surface area contributed by atoms with Crippen LogP contribution in [0, 0.1) is 6.92 Å². The van der Waals surface area contributed by atoms with Crippen molar-refractivity contribution in [2.24, 2.45) is 0 Å². The van der Waals surface area contributed by atoms with Gasteiger partial charge in [-0.25, -0.2) is 15.0 Å². The maximum Gasteiger partial charge on any atom is 0.223 e. The lowest BCUT2D eigenvalue weighted by molar-refractivity contribution is 0.924. The van der Waals surface area contributed by atoms with E-state index in [9.17, 15) is 0 Å². The first kappa shape index (κ1) is 13.5. The SMILES string of the molecule is CCCNc1cc(Sc2nccc(C)n2)nc(N)n1. The molecule has 0 amide bonds. The molecule has 2 rings (SSSR count). The van der Waals surface area contributed by atoms with Crippen LogP contribution in [-0.4, -0.2) is 26.5 Å². The summed E-state index contributed by atoms with van der Waals surface area (Å²) in [6, 6.07) is 3.70. The Morgan fingerprint density at radius 1 is 1.32 bits per heavy atom. The fourth-order valence-corrected chi connectivity index (χ4v) is 2.21. The smallest absolute Gasteiger partial charge is 0.223 e. The van der Waals surface area contributed by atoms with Gasteiger partial charge in [0.05, 0.1) is 0 Å². The van der Waals surface area contributed by atoms with Crippen LogP contribution in [0.2, 0.25) is 0 Å². The molecule has 0 atom stereocenters. The quantitative estimate of drug-likeness (QED) is 0.638. The molecule has 0 unspecified atom stereocenters. The Hall–Kier alpha value is -1.89. The van der Waals surface area contributed by atoms with Gasteiger partial charge in [-0.3, -0.25) is 0 Å². The number of nitrogens with one attached hydrogen (secondary N) is 1. The molecule has 0 aromatic carbocycles. The lowest BCUT2D eigenvalue weighted by atomic mass is 10.4. The molecule has 0 saturated carbocycles. The Bertz CT molecular complexity index is 560. The average molecular weight is 276 g/mol. The van der Waals surface area contributed by atoms with Crippen molar-refractivity contribution in [3.63, 3.8) is 0 Å². The van der Waals surface area contributed by atoms with Crippen molar-refractivity contribution in [1.29, 1.82) is 0 Å². The van der Waals surface area contributed by atoms with E-state index in [-0.39, 0.29) is 5.95 Å². The fraction of sp³-hybridized carbons (Fsp3) is 0.333. The van der Waals surface area contributed by atoms with Gasteiger partial charge in [-0.1, -0.05) is 6.92 Å². The number of anilines is 2. The summed E-state index contributed by atoms with van der Waals surface area (Å²) in [5.41, 5.74) is 6.62. The molecular formula is C12H16N6S. The zero-order valence-electron chi connectivity index (χ0n) is 10.9. The van der Waals surface area contributed by atoms with Crippen LogP contribution in [0.15, 0.2) is 28.5 Å². The first-order chi connectivity index (χ1) is 9.17. The molecule has 0 aliphatic carbocycles. The van der Waals surface area contributed by atoms with E-state index < -0.39 is 0 Å². The van der Waals surface area contributed by atoms with Crippen molar-refractivity contribution in [1.82, 2.24) is 19.9 Å². The zero-order valence-corrected chi connectivity index (χ0v) is 11.7. The van der Waals surface area contributed by atoms with E-state index in [2.05, 4.69) is 32.2 Å². The number of rotatable bonds is 5. The molecule has 0 spiro atoms. The molecule has 100 valence electrons. The number of aryl methyl sites for hydroxylation is 1. The van der Waals surface area contributed by atoms with Crippen LogP contribution in [0.25, 0.3) is 0 Å². The maximum absolute atomic E-state index is 5.70. The van der Waals surface area contributed by atoms with E-state index in [1.165, 1.54) is 11.8 Å². The number of aromatic nitrogens is 4. The van der Waals surface area contributed by atoms with Crippen molar-refractivity contribution < 1.29 is 0 Å². The normalized spacial score (nSPS) is 10.4. The maximum atomic E-state index is 5.70. The molecule has 0 saturated heterocycles. The highest BCUT2D eigenvalue weighted by Gasteiger charge is 2.06. The van der Waals surface area contributed by atoms with Gasteiger partial charge in [0.15, 0.2) is 5.16 Å². The summed E-state index contributed by atoms with van der Waals surface area (Å²) in [6.45, 7) is 4.86. The largest absolute Gasteiger partial charge is 0.370 e. The van der Waals surface area contributed by atoms with Gasteiger partial charge in [-0.2, -0.15) is 4.98 Å². The molecule has 0 fully saturated rings. The van der Waals surface area contributed by atoms with Crippen LogP contribution in [0.4, 0.5) is 11.8 Å². The van der Waals surface area contributed by atoms with Crippen LogP contribution >= 0.6 is 11.8 Å². The lowest BCUT2D eigenvalue weighted by Crippen LogP contribution is -2.05. The van der Waals surface area contributed by atoms with E-state index in [0.29, 0.717) is 5.16 Å². The highest BCUT2D eigenvalue weighted by Crippen LogP contribution is 2.24. The summed E-state index contributed by atoms with van der Waals surface area (Å²) < 4.78 is 0. The van der Waals surface area contributed by atoms with Crippen molar-refractivity contribution in [3.8, 4) is 0 Å². The molecule has 7 heteroatoms. The first-order valence-electron chi connectivity index (χ1n) is 6.03. The molecule has 0 bridgehead atoms. The second-order valence-corrected chi connectivity index (χ2v) is 4.95. The van der Waals surface area contributed by atoms with Crippen molar-refractivity contribution in [2.45, 2.75) is 30.5 Å². The van der Waals surface area contributed by atoms with Crippen LogP contribution < -0.4 is 11.1 Å². The van der Waals surface area contributed by atoms with E-state index in [0.717, 1.165) is 29.5 Å². The Kier molecular flexibility index (Phi) is 4.51. The van der Waals surface area contributed by atoms with Gasteiger partial charge in [0.2, 0.25) is 5.95 Å². The van der Waals surface area contributed by atoms with E-state index >= 15 is 0 Å². The van der Waals surface area contributed by atoms with Crippen LogP contribution in [0.5, 0.6) is 0 Å². The van der Waals surface area contributed by atoms with Crippen LogP contribution in [0.1, 0.15) is 19.0 Å². The summed E-state index contributed by atoms with van der Waals surface area (Å²) in [5, 5.41) is 4.57. The summed E-state index contributed by atoms with van der Waals surface area (Å²) in [7, 11) is 0. The Morgan fingerprint density at radius 3 is 2.89 bits per heavy atom. The predicted molar refractivity (Wildman–Crippen MR) is 76.1 cm³/mol. The standard InChI is InChI=1S/C12H16N6S/c1-3-5-14-9-7-10(18-11(13)17-9)19-12-15-6-4-8(2)16-12/h4,6-7H,3,5H2,1-2H3,(H3,13,14,17,18). The average Bonchev–Trinajstić information content (AvgIpc) is 2.35. The third kappa shape index (κ3) is 4.06. The molecule has 19 heavy (non-hydrogen) atoms. The molecule has 3 N–H and O–H groups in total. The fourth-order valence-electron chi connectivity index (χ4n) is 1.41. The Morgan fingerprint density at radius 2 is 2.16 bits per heavy atom. The van der Waals surface area contributed by atoms with Crippen LogP contribution in [0.3, 0.4) is 0 Å². The summed E-state index contributed by atoms with van der Waals surface area (Å²) in [6.07, 6.45) is 2.75. The second kappa shape index (κ2) is 6.33. The van der Waals surface area contributed by atoms with Crippen molar-refractivity contribution >= 4 is 23.5 Å². The van der Waals surface area contributed by atoms with Crippen LogP contribution in [-0.2, 0) is 0 Å². The number of nitrogens with two attached hydrogens (primary N) is 1. The highest BCUT2D eigenvalue weighted by molar-refractivity contribution is 7.99. The third-order valence-electron chi connectivity index (χ3n) is 2.24. The van der Waals surface area contributed by atoms with Gasteiger partial charge in [0, 0.05) is 24.5 Å². The Labute approximate surface area is 116 Å². The molecule has 2 heterocycles. The second-order valence-electron chi connectivity index (χ2n) is 3.96. The molecule has 2 aromatic heterocycles. The number of hydrogen-bond donors (Lipinski definition) is 2. The topological polar surface area (TPSA) is 89.6 Å². The summed E-state index contributed by atoms with van der Waals surface area (Å²) in [4.78, 5) is 16.8. The van der Waals surface area contributed by atoms with E-state index in [1.807, 2.05) is 19.1 Å². The summed E-state index contributed by atoms with van der Waals surface area (Å²) in [5.74, 6) is 0.973. The summed E-state index contributed by atoms with van der Waals surface area (Å²) >= 11 is 1.37. The molecular weight excluding hydrogens is 260 g/mol. The van der Waals surface area contributed by atoms with Gasteiger partial charge in [0.25, 0.3) is 0 Å². The van der Waals surface area contributed by atoms with E-state index in [4.69, 9.17) is 5.73 Å². The molecule has 0 aliphatic heterocycles. The van der Waals surface area contributed by atoms with Gasteiger partial charge in [-0.05, 0) is 31.2 Å².